The number of rotatable bonds is 4. The second kappa shape index (κ2) is 5.53. The van der Waals surface area contributed by atoms with Gasteiger partial charge in [-0.05, 0) is 43.9 Å². The molecule has 1 unspecified atom stereocenters. The third-order valence-corrected chi connectivity index (χ3v) is 3.90. The smallest absolute Gasteiger partial charge is 0.0540 e. The van der Waals surface area contributed by atoms with Crippen molar-refractivity contribution >= 4 is 0 Å². The number of fused-ring (bicyclic) bond motifs is 1. The summed E-state index contributed by atoms with van der Waals surface area (Å²) in [5, 5.41) is 8.04. The van der Waals surface area contributed by atoms with Crippen LogP contribution in [0, 0.1) is 0 Å². The van der Waals surface area contributed by atoms with Crippen LogP contribution in [0.2, 0.25) is 0 Å². The second-order valence-corrected chi connectivity index (χ2v) is 5.18. The molecular weight excluding hydrogens is 236 g/mol. The van der Waals surface area contributed by atoms with Crippen molar-refractivity contribution < 1.29 is 0 Å². The van der Waals surface area contributed by atoms with Crippen LogP contribution in [0.5, 0.6) is 0 Å². The lowest BCUT2D eigenvalue weighted by atomic mass is 9.93. The van der Waals surface area contributed by atoms with Gasteiger partial charge in [0.2, 0.25) is 0 Å². The highest BCUT2D eigenvalue weighted by Crippen LogP contribution is 2.28. The van der Waals surface area contributed by atoms with E-state index in [1.165, 1.54) is 29.7 Å². The molecular formula is C15H20N4. The summed E-state index contributed by atoms with van der Waals surface area (Å²) in [5.74, 6) is 0. The molecule has 2 heterocycles. The van der Waals surface area contributed by atoms with E-state index >= 15 is 0 Å². The van der Waals surface area contributed by atoms with Crippen LogP contribution in [-0.4, -0.2) is 21.3 Å². The maximum absolute atomic E-state index is 4.38. The van der Waals surface area contributed by atoms with Crippen molar-refractivity contribution in [3.63, 3.8) is 0 Å². The molecule has 0 radical (unpaired) electrons. The highest BCUT2D eigenvalue weighted by molar-refractivity contribution is 5.24. The number of aryl methyl sites for hydroxylation is 1. The van der Waals surface area contributed by atoms with Crippen LogP contribution in [0.1, 0.15) is 35.7 Å². The monoisotopic (exact) mass is 256 g/mol. The van der Waals surface area contributed by atoms with Gasteiger partial charge in [0.15, 0.2) is 0 Å². The minimum atomic E-state index is 0.467. The molecule has 1 aliphatic rings. The Balaban J connectivity index is 1.59. The van der Waals surface area contributed by atoms with Crippen molar-refractivity contribution in [2.75, 3.05) is 6.54 Å². The van der Waals surface area contributed by atoms with Crippen LogP contribution >= 0.6 is 0 Å². The first-order chi connectivity index (χ1) is 9.34. The van der Waals surface area contributed by atoms with Gasteiger partial charge in [0.25, 0.3) is 0 Å². The Morgan fingerprint density at radius 1 is 1.42 bits per heavy atom. The van der Waals surface area contributed by atoms with Crippen molar-refractivity contribution in [2.45, 2.75) is 31.7 Å². The number of nitrogens with zero attached hydrogens (tertiary/aromatic N) is 3. The fraction of sp³-hybridized carbons (Fsp3) is 0.467. The summed E-state index contributed by atoms with van der Waals surface area (Å²) >= 11 is 0. The van der Waals surface area contributed by atoms with Crippen LogP contribution < -0.4 is 5.32 Å². The summed E-state index contributed by atoms with van der Waals surface area (Å²) in [6.45, 7) is 0.991. The standard InChI is InChI=1S/C15H20N4/c1-19-15-6-2-5-14(13(15)11-18-19)17-9-7-12-4-3-8-16-10-12/h3-4,8,10-11,14,17H,2,5-7,9H2,1H3. The van der Waals surface area contributed by atoms with Gasteiger partial charge in [-0.2, -0.15) is 5.10 Å². The summed E-state index contributed by atoms with van der Waals surface area (Å²) in [6, 6.07) is 4.59. The molecule has 1 atom stereocenters. The number of hydrogen-bond acceptors (Lipinski definition) is 3. The van der Waals surface area contributed by atoms with Gasteiger partial charge >= 0.3 is 0 Å². The van der Waals surface area contributed by atoms with Gasteiger partial charge in [0, 0.05) is 36.7 Å². The molecule has 100 valence electrons. The zero-order chi connectivity index (χ0) is 13.1. The first-order valence-corrected chi connectivity index (χ1v) is 6.97. The topological polar surface area (TPSA) is 42.7 Å². The summed E-state index contributed by atoms with van der Waals surface area (Å²) < 4.78 is 2.02. The molecule has 4 heteroatoms. The molecule has 3 rings (SSSR count). The molecule has 0 saturated carbocycles. The molecule has 0 amide bonds. The van der Waals surface area contributed by atoms with Crippen molar-refractivity contribution in [1.29, 1.82) is 0 Å². The predicted octanol–water partition coefficient (Wildman–Crippen LogP) is 2.02. The molecule has 2 aromatic rings. The maximum Gasteiger partial charge on any atom is 0.0540 e. The van der Waals surface area contributed by atoms with Crippen molar-refractivity contribution in [3.05, 3.63) is 47.5 Å². The average molecular weight is 256 g/mol. The van der Waals surface area contributed by atoms with Gasteiger partial charge < -0.3 is 5.32 Å². The summed E-state index contributed by atoms with van der Waals surface area (Å²) in [7, 11) is 2.04. The van der Waals surface area contributed by atoms with E-state index in [9.17, 15) is 0 Å². The van der Waals surface area contributed by atoms with Gasteiger partial charge in [0.1, 0.15) is 0 Å². The molecule has 1 aliphatic carbocycles. The number of nitrogens with one attached hydrogen (secondary N) is 1. The Hall–Kier alpha value is -1.68. The number of hydrogen-bond donors (Lipinski definition) is 1. The van der Waals surface area contributed by atoms with E-state index in [0.717, 1.165) is 19.4 Å². The third kappa shape index (κ3) is 2.68. The largest absolute Gasteiger partial charge is 0.309 e. The zero-order valence-electron chi connectivity index (χ0n) is 11.3. The van der Waals surface area contributed by atoms with Crippen LogP contribution in [-0.2, 0) is 19.9 Å². The Morgan fingerprint density at radius 2 is 2.37 bits per heavy atom. The lowest BCUT2D eigenvalue weighted by Crippen LogP contribution is -2.27. The van der Waals surface area contributed by atoms with E-state index in [4.69, 9.17) is 0 Å². The van der Waals surface area contributed by atoms with Gasteiger partial charge in [-0.15, -0.1) is 0 Å². The Kier molecular flexibility index (Phi) is 3.60. The van der Waals surface area contributed by atoms with E-state index in [1.807, 2.05) is 36.4 Å². The first-order valence-electron chi connectivity index (χ1n) is 6.97. The predicted molar refractivity (Wildman–Crippen MR) is 74.8 cm³/mol. The summed E-state index contributed by atoms with van der Waals surface area (Å²) in [6.07, 6.45) is 10.4. The lowest BCUT2D eigenvalue weighted by Gasteiger charge is -2.23. The Morgan fingerprint density at radius 3 is 3.21 bits per heavy atom. The van der Waals surface area contributed by atoms with Crippen molar-refractivity contribution in [1.82, 2.24) is 20.1 Å². The van der Waals surface area contributed by atoms with Crippen LogP contribution in [0.25, 0.3) is 0 Å². The van der Waals surface area contributed by atoms with Gasteiger partial charge in [0.05, 0.1) is 6.20 Å². The van der Waals surface area contributed by atoms with E-state index in [-0.39, 0.29) is 0 Å². The van der Waals surface area contributed by atoms with Crippen molar-refractivity contribution in [2.24, 2.45) is 7.05 Å². The van der Waals surface area contributed by atoms with E-state index < -0.39 is 0 Å². The lowest BCUT2D eigenvalue weighted by molar-refractivity contribution is 0.455. The SMILES string of the molecule is Cn1ncc2c1CCCC2NCCc1cccnc1. The molecule has 0 aliphatic heterocycles. The van der Waals surface area contributed by atoms with Gasteiger partial charge in [-0.3, -0.25) is 9.67 Å². The Labute approximate surface area is 113 Å². The molecule has 0 fully saturated rings. The second-order valence-electron chi connectivity index (χ2n) is 5.18. The van der Waals surface area contributed by atoms with Crippen LogP contribution in [0.15, 0.2) is 30.7 Å². The maximum atomic E-state index is 4.38. The van der Waals surface area contributed by atoms with E-state index in [1.54, 1.807) is 0 Å². The highest BCUT2D eigenvalue weighted by Gasteiger charge is 2.22. The third-order valence-electron chi connectivity index (χ3n) is 3.90. The molecule has 4 nitrogen and oxygen atoms in total. The Bertz CT molecular complexity index is 532. The molecule has 19 heavy (non-hydrogen) atoms. The van der Waals surface area contributed by atoms with Crippen molar-refractivity contribution in [3.8, 4) is 0 Å². The van der Waals surface area contributed by atoms with E-state index in [2.05, 4.69) is 21.5 Å². The molecule has 0 saturated heterocycles. The first kappa shape index (κ1) is 12.4. The van der Waals surface area contributed by atoms with Crippen LogP contribution in [0.4, 0.5) is 0 Å². The van der Waals surface area contributed by atoms with E-state index in [0.29, 0.717) is 6.04 Å². The highest BCUT2D eigenvalue weighted by atomic mass is 15.3. The molecule has 0 aromatic carbocycles. The number of aromatic nitrogens is 3. The van der Waals surface area contributed by atoms with Crippen LogP contribution in [0.3, 0.4) is 0 Å². The molecule has 0 spiro atoms. The summed E-state index contributed by atoms with van der Waals surface area (Å²) in [4.78, 5) is 4.15. The summed E-state index contributed by atoms with van der Waals surface area (Å²) in [5.41, 5.74) is 4.07. The minimum Gasteiger partial charge on any atom is -0.309 e. The fourth-order valence-electron chi connectivity index (χ4n) is 2.85. The van der Waals surface area contributed by atoms with Gasteiger partial charge in [-0.25, -0.2) is 0 Å². The fourth-order valence-corrected chi connectivity index (χ4v) is 2.85. The zero-order valence-corrected chi connectivity index (χ0v) is 11.3. The molecule has 1 N–H and O–H groups in total. The van der Waals surface area contributed by atoms with Gasteiger partial charge in [-0.1, -0.05) is 6.07 Å². The minimum absolute atomic E-state index is 0.467. The number of pyridine rings is 1. The quantitative estimate of drug-likeness (QED) is 0.910. The molecule has 2 aromatic heterocycles. The average Bonchev–Trinajstić information content (AvgIpc) is 2.83. The molecule has 0 bridgehead atoms. The normalized spacial score (nSPS) is 18.3.